The van der Waals surface area contributed by atoms with E-state index in [1.54, 1.807) is 0 Å². The van der Waals surface area contributed by atoms with E-state index in [-0.39, 0.29) is 13.2 Å². The van der Waals surface area contributed by atoms with Gasteiger partial charge in [0.2, 0.25) is 6.79 Å². The van der Waals surface area contributed by atoms with E-state index in [0.717, 1.165) is 48.0 Å². The van der Waals surface area contributed by atoms with E-state index in [1.807, 2.05) is 22.9 Å². The molecule has 24 heavy (non-hydrogen) atoms. The van der Waals surface area contributed by atoms with Crippen LogP contribution in [0.1, 0.15) is 17.7 Å². The number of carbonyl (C=O) groups is 1. The molecule has 1 aromatic heterocycles. The molecule has 2 aromatic rings. The lowest BCUT2D eigenvalue weighted by atomic mass is 10.0. The molecule has 0 saturated carbocycles. The molecule has 0 bridgehead atoms. The van der Waals surface area contributed by atoms with E-state index in [9.17, 15) is 4.79 Å². The number of carboxylic acids is 1. The molecular weight excluding hydrogens is 310 g/mol. The van der Waals surface area contributed by atoms with Crippen molar-refractivity contribution in [3.63, 3.8) is 0 Å². The van der Waals surface area contributed by atoms with Crippen molar-refractivity contribution in [1.82, 2.24) is 14.7 Å². The third-order valence-electron chi connectivity index (χ3n) is 4.51. The van der Waals surface area contributed by atoms with Crippen LogP contribution in [0.2, 0.25) is 0 Å². The van der Waals surface area contributed by atoms with Crippen LogP contribution in [0.3, 0.4) is 0 Å². The predicted octanol–water partition coefficient (Wildman–Crippen LogP) is 1.74. The minimum Gasteiger partial charge on any atom is -0.481 e. The van der Waals surface area contributed by atoms with Gasteiger partial charge in [-0.15, -0.1) is 0 Å². The molecule has 0 saturated heterocycles. The molecule has 0 spiro atoms. The number of benzene rings is 1. The fourth-order valence-corrected chi connectivity index (χ4v) is 3.29. The largest absolute Gasteiger partial charge is 0.481 e. The number of ether oxygens (including phenoxy) is 2. The van der Waals surface area contributed by atoms with Crippen molar-refractivity contribution in [3.05, 3.63) is 29.5 Å². The Balaban J connectivity index is 1.75. The second kappa shape index (κ2) is 5.83. The maximum absolute atomic E-state index is 10.9. The standard InChI is InChI=1S/C17H19N3O4/c1-19-6-4-13-12(9-19)17(18-20(13)7-5-16(21)22)11-2-3-14-15(8-11)24-10-23-14/h2-3,8H,4-7,9-10H2,1H3,(H,21,22). The Kier molecular flexibility index (Phi) is 3.65. The highest BCUT2D eigenvalue weighted by Crippen LogP contribution is 2.38. The molecule has 2 aliphatic heterocycles. The Labute approximate surface area is 139 Å². The molecule has 0 radical (unpaired) electrons. The SMILES string of the molecule is CN1CCc2c(c(-c3ccc4c(c3)OCO4)nn2CCC(=O)O)C1. The van der Waals surface area contributed by atoms with Gasteiger partial charge in [-0.1, -0.05) is 0 Å². The lowest BCUT2D eigenvalue weighted by molar-refractivity contribution is -0.137. The van der Waals surface area contributed by atoms with Gasteiger partial charge in [0.1, 0.15) is 0 Å². The van der Waals surface area contributed by atoms with Gasteiger partial charge in [-0.2, -0.15) is 5.10 Å². The van der Waals surface area contributed by atoms with Crippen molar-refractivity contribution >= 4 is 5.97 Å². The molecule has 3 heterocycles. The van der Waals surface area contributed by atoms with E-state index < -0.39 is 5.97 Å². The average molecular weight is 329 g/mol. The third-order valence-corrected chi connectivity index (χ3v) is 4.51. The summed E-state index contributed by atoms with van der Waals surface area (Å²) in [6, 6.07) is 5.82. The summed E-state index contributed by atoms with van der Waals surface area (Å²) < 4.78 is 12.7. The van der Waals surface area contributed by atoms with Crippen LogP contribution in [0.15, 0.2) is 18.2 Å². The highest BCUT2D eigenvalue weighted by atomic mass is 16.7. The Morgan fingerprint density at radius 1 is 1.33 bits per heavy atom. The van der Waals surface area contributed by atoms with Crippen LogP contribution in [0.4, 0.5) is 0 Å². The highest BCUT2D eigenvalue weighted by Gasteiger charge is 2.25. The average Bonchev–Trinajstić information content (AvgIpc) is 3.16. The number of fused-ring (bicyclic) bond motifs is 2. The summed E-state index contributed by atoms with van der Waals surface area (Å²) in [7, 11) is 2.08. The number of carboxylic acid groups (broad SMARTS) is 1. The molecule has 0 aliphatic carbocycles. The van der Waals surface area contributed by atoms with Crippen LogP contribution in [0.5, 0.6) is 11.5 Å². The van der Waals surface area contributed by atoms with E-state index >= 15 is 0 Å². The lowest BCUT2D eigenvalue weighted by Gasteiger charge is -2.23. The van der Waals surface area contributed by atoms with Crippen molar-refractivity contribution in [2.24, 2.45) is 0 Å². The number of aromatic nitrogens is 2. The number of rotatable bonds is 4. The van der Waals surface area contributed by atoms with Gasteiger partial charge in [-0.05, 0) is 25.2 Å². The first-order valence-electron chi connectivity index (χ1n) is 8.01. The van der Waals surface area contributed by atoms with Crippen LogP contribution in [0, 0.1) is 0 Å². The molecule has 7 heteroatoms. The summed E-state index contributed by atoms with van der Waals surface area (Å²) in [5, 5.41) is 13.7. The molecular formula is C17H19N3O4. The zero-order valence-corrected chi connectivity index (χ0v) is 13.5. The van der Waals surface area contributed by atoms with Crippen LogP contribution in [-0.2, 0) is 24.3 Å². The molecule has 0 amide bonds. The van der Waals surface area contributed by atoms with Gasteiger partial charge in [0, 0.05) is 36.3 Å². The van der Waals surface area contributed by atoms with Gasteiger partial charge in [0.25, 0.3) is 0 Å². The lowest BCUT2D eigenvalue weighted by Crippen LogP contribution is -2.27. The maximum atomic E-state index is 10.9. The Hall–Kier alpha value is -2.54. The first-order chi connectivity index (χ1) is 11.6. The molecule has 2 aliphatic rings. The van der Waals surface area contributed by atoms with Crippen LogP contribution in [-0.4, -0.2) is 46.1 Å². The van der Waals surface area contributed by atoms with Crippen molar-refractivity contribution in [3.8, 4) is 22.8 Å². The number of hydrogen-bond acceptors (Lipinski definition) is 5. The Morgan fingerprint density at radius 2 is 2.17 bits per heavy atom. The summed E-state index contributed by atoms with van der Waals surface area (Å²) in [4.78, 5) is 13.2. The van der Waals surface area contributed by atoms with Crippen molar-refractivity contribution in [2.45, 2.75) is 25.9 Å². The van der Waals surface area contributed by atoms with Gasteiger partial charge in [-0.3, -0.25) is 9.48 Å². The fourth-order valence-electron chi connectivity index (χ4n) is 3.29. The third kappa shape index (κ3) is 2.60. The van der Waals surface area contributed by atoms with Crippen molar-refractivity contribution < 1.29 is 19.4 Å². The zero-order chi connectivity index (χ0) is 16.7. The normalized spacial score (nSPS) is 16.2. The Morgan fingerprint density at radius 3 is 3.00 bits per heavy atom. The van der Waals surface area contributed by atoms with Crippen LogP contribution in [0.25, 0.3) is 11.3 Å². The molecule has 1 N–H and O–H groups in total. The van der Waals surface area contributed by atoms with Gasteiger partial charge >= 0.3 is 5.97 Å². The number of aliphatic carboxylic acids is 1. The minimum absolute atomic E-state index is 0.0739. The summed E-state index contributed by atoms with van der Waals surface area (Å²) in [5.41, 5.74) is 4.19. The highest BCUT2D eigenvalue weighted by molar-refractivity contribution is 5.69. The van der Waals surface area contributed by atoms with E-state index in [1.165, 1.54) is 5.56 Å². The second-order valence-corrected chi connectivity index (χ2v) is 6.20. The number of likely N-dealkylation sites (N-methyl/N-ethyl adjacent to an activating group) is 1. The quantitative estimate of drug-likeness (QED) is 0.921. The summed E-state index contributed by atoms with van der Waals surface area (Å²) in [6.45, 7) is 2.40. The molecule has 0 fully saturated rings. The van der Waals surface area contributed by atoms with Gasteiger partial charge in [0.15, 0.2) is 11.5 Å². The molecule has 4 rings (SSSR count). The van der Waals surface area contributed by atoms with Crippen LogP contribution >= 0.6 is 0 Å². The summed E-state index contributed by atoms with van der Waals surface area (Å²) in [5.74, 6) is 0.664. The maximum Gasteiger partial charge on any atom is 0.305 e. The molecule has 1 aromatic carbocycles. The number of hydrogen-bond donors (Lipinski definition) is 1. The second-order valence-electron chi connectivity index (χ2n) is 6.20. The zero-order valence-electron chi connectivity index (χ0n) is 13.5. The molecule has 0 unspecified atom stereocenters. The summed E-state index contributed by atoms with van der Waals surface area (Å²) in [6.07, 6.45) is 0.952. The smallest absolute Gasteiger partial charge is 0.305 e. The van der Waals surface area contributed by atoms with E-state index in [2.05, 4.69) is 11.9 Å². The van der Waals surface area contributed by atoms with Crippen molar-refractivity contribution in [1.29, 1.82) is 0 Å². The molecule has 126 valence electrons. The minimum atomic E-state index is -0.809. The number of aryl methyl sites for hydroxylation is 1. The van der Waals surface area contributed by atoms with Crippen LogP contribution < -0.4 is 9.47 Å². The predicted molar refractivity (Wildman–Crippen MR) is 86.1 cm³/mol. The molecule has 0 atom stereocenters. The van der Waals surface area contributed by atoms with E-state index in [0.29, 0.717) is 6.54 Å². The molecule has 7 nitrogen and oxygen atoms in total. The van der Waals surface area contributed by atoms with Crippen molar-refractivity contribution in [2.75, 3.05) is 20.4 Å². The number of nitrogens with zero attached hydrogens (tertiary/aromatic N) is 3. The fraction of sp³-hybridized carbons (Fsp3) is 0.412. The van der Waals surface area contributed by atoms with Gasteiger partial charge in [-0.25, -0.2) is 0 Å². The Bertz CT molecular complexity index is 799. The monoisotopic (exact) mass is 329 g/mol. The first-order valence-corrected chi connectivity index (χ1v) is 8.01. The topological polar surface area (TPSA) is 76.8 Å². The van der Waals surface area contributed by atoms with Gasteiger partial charge in [0.05, 0.1) is 18.7 Å². The first kappa shape index (κ1) is 15.0. The summed E-state index contributed by atoms with van der Waals surface area (Å²) >= 11 is 0. The van der Waals surface area contributed by atoms with Gasteiger partial charge < -0.3 is 19.5 Å². The van der Waals surface area contributed by atoms with E-state index in [4.69, 9.17) is 19.7 Å².